The lowest BCUT2D eigenvalue weighted by atomic mass is 10.2. The second-order valence-electron chi connectivity index (χ2n) is 7.68. The van der Waals surface area contributed by atoms with Crippen LogP contribution in [0.4, 0.5) is 0 Å². The number of carbonyl (C=O) groups is 2. The van der Waals surface area contributed by atoms with E-state index < -0.39 is 11.9 Å². The smallest absolute Gasteiger partial charge is 0.343 e. The van der Waals surface area contributed by atoms with E-state index in [9.17, 15) is 9.59 Å². The van der Waals surface area contributed by atoms with E-state index in [0.717, 1.165) is 12.8 Å². The van der Waals surface area contributed by atoms with Crippen LogP contribution < -0.4 is 24.4 Å². The molecule has 0 aliphatic heterocycles. The first-order valence-electron chi connectivity index (χ1n) is 11.4. The topological polar surface area (TPSA) is 95.5 Å². The third kappa shape index (κ3) is 8.70. The molecule has 1 amide bonds. The van der Waals surface area contributed by atoms with Crippen molar-refractivity contribution in [2.24, 2.45) is 5.10 Å². The Labute approximate surface area is 225 Å². The fraction of sp³-hybridized carbons (Fsp3) is 0.222. The molecule has 8 nitrogen and oxygen atoms in total. The average Bonchev–Trinajstić information content (AvgIpc) is 2.89. The number of nitrogens with zero attached hydrogens (tertiary/aromatic N) is 1. The Hall–Kier alpha value is -3.75. The highest BCUT2D eigenvalue weighted by atomic mass is 35.5. The van der Waals surface area contributed by atoms with E-state index in [1.807, 2.05) is 0 Å². The lowest BCUT2D eigenvalue weighted by molar-refractivity contribution is -0.123. The summed E-state index contributed by atoms with van der Waals surface area (Å²) in [5.74, 6) is 0.568. The molecule has 37 heavy (non-hydrogen) atoms. The molecule has 0 aliphatic rings. The number of unbranched alkanes of at least 4 members (excludes halogenated alkanes) is 1. The molecule has 0 aromatic heterocycles. The Morgan fingerprint density at radius 3 is 2.41 bits per heavy atom. The van der Waals surface area contributed by atoms with Gasteiger partial charge in [0.25, 0.3) is 5.91 Å². The van der Waals surface area contributed by atoms with Crippen LogP contribution in [-0.2, 0) is 4.79 Å². The first kappa shape index (κ1) is 27.8. The predicted molar refractivity (Wildman–Crippen MR) is 142 cm³/mol. The van der Waals surface area contributed by atoms with E-state index >= 15 is 0 Å². The molecule has 194 valence electrons. The number of amides is 1. The van der Waals surface area contributed by atoms with Gasteiger partial charge in [-0.05, 0) is 72.6 Å². The van der Waals surface area contributed by atoms with E-state index in [0.29, 0.717) is 45.0 Å². The summed E-state index contributed by atoms with van der Waals surface area (Å²) >= 11 is 11.9. The second kappa shape index (κ2) is 14.1. The van der Waals surface area contributed by atoms with Crippen LogP contribution in [0.15, 0.2) is 65.8 Å². The molecule has 0 spiro atoms. The summed E-state index contributed by atoms with van der Waals surface area (Å²) in [6, 6.07) is 16.3. The summed E-state index contributed by atoms with van der Waals surface area (Å²) in [5, 5.41) is 4.66. The normalized spacial score (nSPS) is 10.7. The third-order valence-corrected chi connectivity index (χ3v) is 5.43. The highest BCUT2D eigenvalue weighted by Gasteiger charge is 2.13. The number of ether oxygens (including phenoxy) is 4. The van der Waals surface area contributed by atoms with Gasteiger partial charge in [0.2, 0.25) is 0 Å². The van der Waals surface area contributed by atoms with Crippen LogP contribution in [0, 0.1) is 0 Å². The molecule has 0 saturated heterocycles. The Morgan fingerprint density at radius 1 is 0.946 bits per heavy atom. The minimum Gasteiger partial charge on any atom is -0.494 e. The predicted octanol–water partition coefficient (Wildman–Crippen LogP) is 5.93. The molecule has 0 saturated carbocycles. The van der Waals surface area contributed by atoms with E-state index in [1.54, 1.807) is 54.6 Å². The van der Waals surface area contributed by atoms with Crippen molar-refractivity contribution in [1.82, 2.24) is 5.43 Å². The summed E-state index contributed by atoms with van der Waals surface area (Å²) < 4.78 is 21.8. The third-order valence-electron chi connectivity index (χ3n) is 4.90. The van der Waals surface area contributed by atoms with Crippen molar-refractivity contribution < 1.29 is 28.5 Å². The molecule has 3 aromatic carbocycles. The SMILES string of the molecule is CCCCOc1ccc(C(=O)Oc2ccc(/C=N/NC(=O)COc3ccc(Cl)cc3Cl)cc2OC)cc1. The van der Waals surface area contributed by atoms with Crippen LogP contribution in [0.1, 0.15) is 35.7 Å². The van der Waals surface area contributed by atoms with E-state index in [4.69, 9.17) is 42.1 Å². The molecule has 1 N–H and O–H groups in total. The van der Waals surface area contributed by atoms with Gasteiger partial charge in [0, 0.05) is 5.02 Å². The van der Waals surface area contributed by atoms with Gasteiger partial charge in [-0.15, -0.1) is 0 Å². The number of methoxy groups -OCH3 is 1. The number of rotatable bonds is 12. The number of nitrogens with one attached hydrogen (secondary N) is 1. The zero-order chi connectivity index (χ0) is 26.6. The van der Waals surface area contributed by atoms with Gasteiger partial charge < -0.3 is 18.9 Å². The number of carbonyl (C=O) groups excluding carboxylic acids is 2. The standard InChI is InChI=1S/C27H26Cl2N2O6/c1-3-4-13-35-21-9-6-19(7-10-21)27(33)37-24-11-5-18(14-25(24)34-2)16-30-31-26(32)17-36-23-12-8-20(28)15-22(23)29/h5-12,14-16H,3-4,13,17H2,1-2H3,(H,31,32)/b30-16+. The Balaban J connectivity index is 1.53. The molecule has 0 fully saturated rings. The maximum Gasteiger partial charge on any atom is 0.343 e. The highest BCUT2D eigenvalue weighted by Crippen LogP contribution is 2.29. The summed E-state index contributed by atoms with van der Waals surface area (Å²) in [7, 11) is 1.46. The molecule has 0 unspecified atom stereocenters. The molecule has 0 heterocycles. The molecule has 0 atom stereocenters. The lowest BCUT2D eigenvalue weighted by Crippen LogP contribution is -2.24. The van der Waals surface area contributed by atoms with Crippen LogP contribution in [-0.4, -0.2) is 38.4 Å². The Bertz CT molecular complexity index is 1250. The number of halogens is 2. The number of hydrazone groups is 1. The molecule has 3 aromatic rings. The first-order chi connectivity index (χ1) is 17.9. The van der Waals surface area contributed by atoms with Crippen molar-refractivity contribution in [2.75, 3.05) is 20.3 Å². The molecule has 3 rings (SSSR count). The minimum atomic E-state index is -0.534. The van der Waals surface area contributed by atoms with Gasteiger partial charge in [-0.25, -0.2) is 10.2 Å². The van der Waals surface area contributed by atoms with Gasteiger partial charge in [0.15, 0.2) is 18.1 Å². The van der Waals surface area contributed by atoms with Crippen molar-refractivity contribution in [2.45, 2.75) is 19.8 Å². The van der Waals surface area contributed by atoms with Gasteiger partial charge in [0.1, 0.15) is 11.5 Å². The fourth-order valence-electron chi connectivity index (χ4n) is 2.98. The maximum absolute atomic E-state index is 12.6. The second-order valence-corrected chi connectivity index (χ2v) is 8.53. The van der Waals surface area contributed by atoms with Crippen LogP contribution in [0.2, 0.25) is 10.0 Å². The largest absolute Gasteiger partial charge is 0.494 e. The molecule has 10 heteroatoms. The van der Waals surface area contributed by atoms with E-state index in [-0.39, 0.29) is 12.4 Å². The van der Waals surface area contributed by atoms with Gasteiger partial charge >= 0.3 is 5.97 Å². The highest BCUT2D eigenvalue weighted by molar-refractivity contribution is 6.35. The van der Waals surface area contributed by atoms with E-state index in [1.165, 1.54) is 19.4 Å². The summed E-state index contributed by atoms with van der Waals surface area (Å²) in [6.45, 7) is 2.43. The van der Waals surface area contributed by atoms with Crippen LogP contribution in [0.5, 0.6) is 23.0 Å². The lowest BCUT2D eigenvalue weighted by Gasteiger charge is -2.10. The number of hydrogen-bond acceptors (Lipinski definition) is 7. The molecule has 0 radical (unpaired) electrons. The van der Waals surface area contributed by atoms with Gasteiger partial charge in [-0.2, -0.15) is 5.10 Å². The van der Waals surface area contributed by atoms with Crippen molar-refractivity contribution >= 4 is 41.3 Å². The molecule has 0 aliphatic carbocycles. The summed E-state index contributed by atoms with van der Waals surface area (Å²) in [5.41, 5.74) is 3.34. The number of esters is 1. The van der Waals surface area contributed by atoms with E-state index in [2.05, 4.69) is 17.5 Å². The Morgan fingerprint density at radius 2 is 1.70 bits per heavy atom. The summed E-state index contributed by atoms with van der Waals surface area (Å²) in [4.78, 5) is 24.6. The zero-order valence-electron chi connectivity index (χ0n) is 20.3. The molecular formula is C27H26Cl2N2O6. The quantitative estimate of drug-likeness (QED) is 0.0997. The van der Waals surface area contributed by atoms with Crippen LogP contribution >= 0.6 is 23.2 Å². The first-order valence-corrected chi connectivity index (χ1v) is 12.2. The van der Waals surface area contributed by atoms with Gasteiger partial charge in [-0.1, -0.05) is 36.5 Å². The summed E-state index contributed by atoms with van der Waals surface area (Å²) in [6.07, 6.45) is 3.42. The van der Waals surface area contributed by atoms with Crippen molar-refractivity contribution in [3.63, 3.8) is 0 Å². The van der Waals surface area contributed by atoms with Crippen molar-refractivity contribution in [1.29, 1.82) is 0 Å². The maximum atomic E-state index is 12.6. The number of benzene rings is 3. The van der Waals surface area contributed by atoms with Crippen LogP contribution in [0.3, 0.4) is 0 Å². The fourth-order valence-corrected chi connectivity index (χ4v) is 3.44. The zero-order valence-corrected chi connectivity index (χ0v) is 21.8. The van der Waals surface area contributed by atoms with Gasteiger partial charge in [-0.3, -0.25) is 4.79 Å². The minimum absolute atomic E-state index is 0.241. The molecular weight excluding hydrogens is 519 g/mol. The van der Waals surface area contributed by atoms with Crippen LogP contribution in [0.25, 0.3) is 0 Å². The van der Waals surface area contributed by atoms with Crippen molar-refractivity contribution in [3.8, 4) is 23.0 Å². The number of hydrogen-bond donors (Lipinski definition) is 1. The average molecular weight is 545 g/mol. The Kier molecular flexibility index (Phi) is 10.6. The van der Waals surface area contributed by atoms with Crippen molar-refractivity contribution in [3.05, 3.63) is 81.8 Å². The molecule has 0 bridgehead atoms. The van der Waals surface area contributed by atoms with Gasteiger partial charge in [0.05, 0.1) is 30.5 Å². The monoisotopic (exact) mass is 544 g/mol.